The van der Waals surface area contributed by atoms with Gasteiger partial charge in [-0.1, -0.05) is 25.4 Å². The number of benzene rings is 1. The maximum Gasteiger partial charge on any atom is 0.294 e. The second kappa shape index (κ2) is 6.70. The number of anilines is 1. The third-order valence-corrected chi connectivity index (χ3v) is 3.10. The van der Waals surface area contributed by atoms with E-state index in [-0.39, 0.29) is 22.4 Å². The third-order valence-electron chi connectivity index (χ3n) is 2.81. The van der Waals surface area contributed by atoms with Gasteiger partial charge in [0.1, 0.15) is 11.5 Å². The maximum absolute atomic E-state index is 13.4. The van der Waals surface area contributed by atoms with E-state index in [4.69, 9.17) is 11.6 Å². The molecule has 0 heterocycles. The Labute approximate surface area is 117 Å². The second-order valence-electron chi connectivity index (χ2n) is 5.06. The summed E-state index contributed by atoms with van der Waals surface area (Å²) in [5, 5.41) is 13.6. The molecule has 0 radical (unpaired) electrons. The molecule has 1 N–H and O–H groups in total. The molecule has 0 spiro atoms. The predicted octanol–water partition coefficient (Wildman–Crippen LogP) is 4.62. The molecule has 1 aromatic carbocycles. The summed E-state index contributed by atoms with van der Waals surface area (Å²) in [6.07, 6.45) is 1.86. The van der Waals surface area contributed by atoms with Crippen LogP contribution in [0, 0.1) is 21.8 Å². The minimum Gasteiger partial charge on any atom is -0.377 e. The summed E-state index contributed by atoms with van der Waals surface area (Å²) in [7, 11) is 0. The molecule has 0 aliphatic heterocycles. The van der Waals surface area contributed by atoms with E-state index in [0.717, 1.165) is 25.0 Å². The van der Waals surface area contributed by atoms with Crippen molar-refractivity contribution in [3.8, 4) is 0 Å². The van der Waals surface area contributed by atoms with E-state index < -0.39 is 10.7 Å². The monoisotopic (exact) mass is 288 g/mol. The van der Waals surface area contributed by atoms with Crippen molar-refractivity contribution in [2.45, 2.75) is 39.7 Å². The molecular weight excluding hydrogens is 271 g/mol. The van der Waals surface area contributed by atoms with Gasteiger partial charge in [0, 0.05) is 18.2 Å². The van der Waals surface area contributed by atoms with Gasteiger partial charge in [0.2, 0.25) is 0 Å². The Kier molecular flexibility index (Phi) is 5.54. The minimum atomic E-state index is -0.661. The first-order valence-corrected chi connectivity index (χ1v) is 6.59. The van der Waals surface area contributed by atoms with Crippen LogP contribution < -0.4 is 5.32 Å². The predicted molar refractivity (Wildman–Crippen MR) is 75.2 cm³/mol. The minimum absolute atomic E-state index is 0.0293. The number of halogens is 2. The fourth-order valence-electron chi connectivity index (χ4n) is 1.72. The van der Waals surface area contributed by atoms with Crippen LogP contribution in [0.2, 0.25) is 5.02 Å². The van der Waals surface area contributed by atoms with Crippen molar-refractivity contribution in [3.63, 3.8) is 0 Å². The number of nitro benzene ring substituents is 1. The Hall–Kier alpha value is -1.36. The van der Waals surface area contributed by atoms with Crippen molar-refractivity contribution < 1.29 is 9.31 Å². The second-order valence-corrected chi connectivity index (χ2v) is 5.46. The van der Waals surface area contributed by atoms with Gasteiger partial charge in [-0.05, 0) is 25.7 Å². The first-order chi connectivity index (χ1) is 8.81. The highest BCUT2D eigenvalue weighted by molar-refractivity contribution is 6.31. The Morgan fingerprint density at radius 1 is 1.37 bits per heavy atom. The zero-order chi connectivity index (χ0) is 14.6. The van der Waals surface area contributed by atoms with Crippen LogP contribution in [0.1, 0.15) is 33.6 Å². The number of hydrogen-bond donors (Lipinski definition) is 1. The lowest BCUT2D eigenvalue weighted by molar-refractivity contribution is -0.384. The molecular formula is C13H18ClFN2O2. The Balaban J connectivity index is 2.87. The molecule has 0 aliphatic rings. The molecule has 1 atom stereocenters. The van der Waals surface area contributed by atoms with Crippen molar-refractivity contribution in [3.05, 3.63) is 33.1 Å². The lowest BCUT2D eigenvalue weighted by atomic mass is 10.0. The molecule has 0 fully saturated rings. The summed E-state index contributed by atoms with van der Waals surface area (Å²) < 4.78 is 13.4. The van der Waals surface area contributed by atoms with E-state index in [1.54, 1.807) is 0 Å². The molecule has 1 unspecified atom stereocenters. The van der Waals surface area contributed by atoms with E-state index in [9.17, 15) is 14.5 Å². The summed E-state index contributed by atoms with van der Waals surface area (Å²) >= 11 is 5.56. The summed E-state index contributed by atoms with van der Waals surface area (Å²) in [6.45, 7) is 6.13. The Morgan fingerprint density at radius 2 is 2.00 bits per heavy atom. The molecule has 6 heteroatoms. The van der Waals surface area contributed by atoms with E-state index in [1.165, 1.54) is 0 Å². The van der Waals surface area contributed by atoms with Crippen LogP contribution in [-0.4, -0.2) is 11.0 Å². The lowest BCUT2D eigenvalue weighted by Gasteiger charge is -2.16. The Morgan fingerprint density at radius 3 is 2.53 bits per heavy atom. The first kappa shape index (κ1) is 15.7. The third kappa shape index (κ3) is 4.67. The zero-order valence-corrected chi connectivity index (χ0v) is 12.0. The number of nitrogens with one attached hydrogen (secondary N) is 1. The van der Waals surface area contributed by atoms with Gasteiger partial charge in [0.25, 0.3) is 5.69 Å². The van der Waals surface area contributed by atoms with Gasteiger partial charge in [0.15, 0.2) is 0 Å². The molecule has 0 aromatic heterocycles. The SMILES string of the molecule is CC(C)CCC(C)Nc1cc(F)c(Cl)cc1[N+](=O)[O-]. The Bertz CT molecular complexity index is 466. The smallest absolute Gasteiger partial charge is 0.294 e. The number of hydrogen-bond acceptors (Lipinski definition) is 3. The van der Waals surface area contributed by atoms with E-state index in [2.05, 4.69) is 19.2 Å². The van der Waals surface area contributed by atoms with Gasteiger partial charge < -0.3 is 5.32 Å². The molecule has 0 amide bonds. The molecule has 0 saturated heterocycles. The lowest BCUT2D eigenvalue weighted by Crippen LogP contribution is -2.17. The largest absolute Gasteiger partial charge is 0.377 e. The van der Waals surface area contributed by atoms with Crippen LogP contribution in [0.4, 0.5) is 15.8 Å². The van der Waals surface area contributed by atoms with Gasteiger partial charge in [0.05, 0.1) is 9.95 Å². The highest BCUT2D eigenvalue weighted by atomic mass is 35.5. The molecule has 0 bridgehead atoms. The molecule has 0 aliphatic carbocycles. The fraction of sp³-hybridized carbons (Fsp3) is 0.538. The summed E-state index contributed by atoms with van der Waals surface area (Å²) in [5.41, 5.74) is -0.0362. The van der Waals surface area contributed by atoms with Gasteiger partial charge in [-0.2, -0.15) is 0 Å². The van der Waals surface area contributed by atoms with Gasteiger partial charge in [-0.15, -0.1) is 0 Å². The van der Waals surface area contributed by atoms with Crippen LogP contribution in [0.15, 0.2) is 12.1 Å². The molecule has 0 saturated carbocycles. The van der Waals surface area contributed by atoms with Gasteiger partial charge in [-0.3, -0.25) is 10.1 Å². The van der Waals surface area contributed by atoms with Crippen molar-refractivity contribution >= 4 is 23.0 Å². The van der Waals surface area contributed by atoms with Crippen LogP contribution in [0.3, 0.4) is 0 Å². The van der Waals surface area contributed by atoms with Crippen LogP contribution in [-0.2, 0) is 0 Å². The fourth-order valence-corrected chi connectivity index (χ4v) is 1.88. The molecule has 106 valence electrons. The molecule has 1 rings (SSSR count). The quantitative estimate of drug-likeness (QED) is 0.613. The molecule has 19 heavy (non-hydrogen) atoms. The summed E-state index contributed by atoms with van der Waals surface area (Å²) in [5.74, 6) is -0.105. The number of nitro groups is 1. The van der Waals surface area contributed by atoms with E-state index >= 15 is 0 Å². The van der Waals surface area contributed by atoms with Crippen molar-refractivity contribution in [1.82, 2.24) is 0 Å². The standard InChI is InChI=1S/C13H18ClFN2O2/c1-8(2)4-5-9(3)16-12-7-11(15)10(14)6-13(12)17(18)19/h6-9,16H,4-5H2,1-3H3. The number of nitrogens with zero attached hydrogens (tertiary/aromatic N) is 1. The average Bonchev–Trinajstić information content (AvgIpc) is 2.30. The van der Waals surface area contributed by atoms with E-state index in [0.29, 0.717) is 5.92 Å². The van der Waals surface area contributed by atoms with E-state index in [1.807, 2.05) is 6.92 Å². The number of rotatable bonds is 6. The first-order valence-electron chi connectivity index (χ1n) is 6.21. The van der Waals surface area contributed by atoms with Crippen molar-refractivity contribution in [1.29, 1.82) is 0 Å². The van der Waals surface area contributed by atoms with Crippen LogP contribution >= 0.6 is 11.6 Å². The normalized spacial score (nSPS) is 12.5. The van der Waals surface area contributed by atoms with Crippen molar-refractivity contribution in [2.24, 2.45) is 5.92 Å². The molecule has 4 nitrogen and oxygen atoms in total. The summed E-state index contributed by atoms with van der Waals surface area (Å²) in [6, 6.07) is 2.14. The topological polar surface area (TPSA) is 55.2 Å². The molecule has 1 aromatic rings. The maximum atomic E-state index is 13.4. The van der Waals surface area contributed by atoms with Crippen LogP contribution in [0.25, 0.3) is 0 Å². The van der Waals surface area contributed by atoms with Gasteiger partial charge in [-0.25, -0.2) is 4.39 Å². The highest BCUT2D eigenvalue weighted by Crippen LogP contribution is 2.31. The zero-order valence-electron chi connectivity index (χ0n) is 11.2. The van der Waals surface area contributed by atoms with Crippen LogP contribution in [0.5, 0.6) is 0 Å². The van der Waals surface area contributed by atoms with Crippen molar-refractivity contribution in [2.75, 3.05) is 5.32 Å². The average molecular weight is 289 g/mol. The van der Waals surface area contributed by atoms with Gasteiger partial charge >= 0.3 is 0 Å². The highest BCUT2D eigenvalue weighted by Gasteiger charge is 2.19. The summed E-state index contributed by atoms with van der Waals surface area (Å²) in [4.78, 5) is 10.4.